The normalized spacial score (nSPS) is 10.6. The number of aryl methyl sites for hydroxylation is 1. The van der Waals surface area contributed by atoms with E-state index in [0.29, 0.717) is 22.1 Å². The third kappa shape index (κ3) is 3.04. The van der Waals surface area contributed by atoms with Crippen LogP contribution in [0.1, 0.15) is 21.1 Å². The molecule has 2 heterocycles. The van der Waals surface area contributed by atoms with Gasteiger partial charge in [-0.05, 0) is 48.2 Å². The highest BCUT2D eigenvalue weighted by Crippen LogP contribution is 2.16. The molecule has 0 spiro atoms. The number of rotatable bonds is 4. The van der Waals surface area contributed by atoms with Crippen molar-refractivity contribution in [2.75, 3.05) is 0 Å². The molecule has 7 heteroatoms. The first-order chi connectivity index (χ1) is 10.6. The first-order valence-corrected chi connectivity index (χ1v) is 7.51. The topological polar surface area (TPSA) is 70.7 Å². The molecular formula is C15H13FN4OS. The molecule has 0 aliphatic carbocycles. The van der Waals surface area contributed by atoms with Crippen LogP contribution in [0.4, 0.5) is 4.39 Å². The van der Waals surface area contributed by atoms with Crippen molar-refractivity contribution in [1.29, 1.82) is 0 Å². The minimum absolute atomic E-state index is 0.132. The summed E-state index contributed by atoms with van der Waals surface area (Å²) in [5.74, 6) is 0.573. The van der Waals surface area contributed by atoms with E-state index in [1.807, 2.05) is 18.4 Å². The van der Waals surface area contributed by atoms with Crippen LogP contribution in [-0.2, 0) is 6.54 Å². The van der Waals surface area contributed by atoms with Gasteiger partial charge in [0.1, 0.15) is 11.6 Å². The monoisotopic (exact) mass is 316 g/mol. The molecule has 0 saturated heterocycles. The Morgan fingerprint density at radius 3 is 2.77 bits per heavy atom. The SMILES string of the molecule is Cc1ccsc1C(=O)NCc1nc(-c2ccc(F)cc2)n[nH]1. The van der Waals surface area contributed by atoms with Crippen molar-refractivity contribution in [3.05, 3.63) is 57.8 Å². The number of aromatic amines is 1. The summed E-state index contributed by atoms with van der Waals surface area (Å²) < 4.78 is 12.9. The van der Waals surface area contributed by atoms with E-state index in [9.17, 15) is 9.18 Å². The van der Waals surface area contributed by atoms with Crippen LogP contribution in [0.2, 0.25) is 0 Å². The van der Waals surface area contributed by atoms with Crippen LogP contribution < -0.4 is 5.32 Å². The smallest absolute Gasteiger partial charge is 0.261 e. The Balaban J connectivity index is 1.66. The van der Waals surface area contributed by atoms with E-state index in [1.165, 1.54) is 23.5 Å². The van der Waals surface area contributed by atoms with E-state index in [-0.39, 0.29) is 18.3 Å². The molecule has 112 valence electrons. The molecule has 0 aliphatic heterocycles. The van der Waals surface area contributed by atoms with Crippen molar-refractivity contribution in [2.45, 2.75) is 13.5 Å². The van der Waals surface area contributed by atoms with Gasteiger partial charge in [0, 0.05) is 5.56 Å². The van der Waals surface area contributed by atoms with Gasteiger partial charge in [0.25, 0.3) is 5.91 Å². The molecule has 1 aromatic carbocycles. The van der Waals surface area contributed by atoms with Gasteiger partial charge in [-0.3, -0.25) is 9.89 Å². The predicted octanol–water partition coefficient (Wildman–Crippen LogP) is 2.91. The maximum atomic E-state index is 12.9. The molecule has 1 amide bonds. The van der Waals surface area contributed by atoms with Crippen LogP contribution in [0.25, 0.3) is 11.4 Å². The van der Waals surface area contributed by atoms with E-state index in [2.05, 4.69) is 20.5 Å². The number of thiophene rings is 1. The minimum Gasteiger partial charge on any atom is -0.344 e. The Labute approximate surface area is 130 Å². The maximum Gasteiger partial charge on any atom is 0.261 e. The molecule has 3 aromatic rings. The molecule has 0 fully saturated rings. The second-order valence-corrected chi connectivity index (χ2v) is 5.64. The lowest BCUT2D eigenvalue weighted by Crippen LogP contribution is -2.23. The Morgan fingerprint density at radius 1 is 1.32 bits per heavy atom. The number of benzene rings is 1. The summed E-state index contributed by atoms with van der Waals surface area (Å²) in [5, 5.41) is 11.5. The van der Waals surface area contributed by atoms with Crippen LogP contribution >= 0.6 is 11.3 Å². The van der Waals surface area contributed by atoms with Gasteiger partial charge in [-0.25, -0.2) is 9.37 Å². The van der Waals surface area contributed by atoms with Gasteiger partial charge in [0.05, 0.1) is 11.4 Å². The average molecular weight is 316 g/mol. The molecule has 0 unspecified atom stereocenters. The van der Waals surface area contributed by atoms with E-state index in [4.69, 9.17) is 0 Å². The molecule has 0 bridgehead atoms. The van der Waals surface area contributed by atoms with E-state index >= 15 is 0 Å². The van der Waals surface area contributed by atoms with Crippen molar-refractivity contribution in [2.24, 2.45) is 0 Å². The van der Waals surface area contributed by atoms with Crippen LogP contribution in [-0.4, -0.2) is 21.1 Å². The largest absolute Gasteiger partial charge is 0.344 e. The molecule has 3 rings (SSSR count). The maximum absolute atomic E-state index is 12.9. The van der Waals surface area contributed by atoms with Crippen molar-refractivity contribution >= 4 is 17.2 Å². The fourth-order valence-electron chi connectivity index (χ4n) is 1.95. The summed E-state index contributed by atoms with van der Waals surface area (Å²) in [6, 6.07) is 7.83. The van der Waals surface area contributed by atoms with Crippen LogP contribution in [0.15, 0.2) is 35.7 Å². The average Bonchev–Trinajstić information content (AvgIpc) is 3.14. The standard InChI is InChI=1S/C15H13FN4OS/c1-9-6-7-22-13(9)15(21)17-8-12-18-14(20-19-12)10-2-4-11(16)5-3-10/h2-7H,8H2,1H3,(H,17,21)(H,18,19,20). The third-order valence-corrected chi connectivity index (χ3v) is 4.13. The summed E-state index contributed by atoms with van der Waals surface area (Å²) in [6.45, 7) is 2.15. The van der Waals surface area contributed by atoms with Crippen molar-refractivity contribution in [3.63, 3.8) is 0 Å². The van der Waals surface area contributed by atoms with Crippen LogP contribution in [0.5, 0.6) is 0 Å². The first kappa shape index (κ1) is 14.4. The van der Waals surface area contributed by atoms with Gasteiger partial charge in [-0.1, -0.05) is 0 Å². The predicted molar refractivity (Wildman–Crippen MR) is 82.0 cm³/mol. The Hall–Kier alpha value is -2.54. The van der Waals surface area contributed by atoms with E-state index in [1.54, 1.807) is 12.1 Å². The lowest BCUT2D eigenvalue weighted by molar-refractivity contribution is 0.0953. The molecule has 2 aromatic heterocycles. The lowest BCUT2D eigenvalue weighted by Gasteiger charge is -2.01. The fourth-order valence-corrected chi connectivity index (χ4v) is 2.79. The number of carbonyl (C=O) groups excluding carboxylic acids is 1. The second-order valence-electron chi connectivity index (χ2n) is 4.73. The highest BCUT2D eigenvalue weighted by atomic mass is 32.1. The molecule has 0 saturated carbocycles. The number of halogens is 1. The molecular weight excluding hydrogens is 303 g/mol. The zero-order valence-electron chi connectivity index (χ0n) is 11.8. The Kier molecular flexibility index (Phi) is 3.97. The minimum atomic E-state index is -0.307. The summed E-state index contributed by atoms with van der Waals surface area (Å²) in [5.41, 5.74) is 1.66. The van der Waals surface area contributed by atoms with Gasteiger partial charge < -0.3 is 5.32 Å². The number of nitrogens with one attached hydrogen (secondary N) is 2. The number of hydrogen-bond acceptors (Lipinski definition) is 4. The number of H-pyrrole nitrogens is 1. The molecule has 0 aliphatic rings. The van der Waals surface area contributed by atoms with Crippen LogP contribution in [0, 0.1) is 12.7 Å². The Morgan fingerprint density at radius 2 is 2.09 bits per heavy atom. The fraction of sp³-hybridized carbons (Fsp3) is 0.133. The number of carbonyl (C=O) groups is 1. The second kappa shape index (κ2) is 6.07. The third-order valence-electron chi connectivity index (χ3n) is 3.12. The molecule has 0 atom stereocenters. The van der Waals surface area contributed by atoms with Gasteiger partial charge in [-0.2, -0.15) is 5.10 Å². The highest BCUT2D eigenvalue weighted by molar-refractivity contribution is 7.12. The summed E-state index contributed by atoms with van der Waals surface area (Å²) in [4.78, 5) is 17.0. The number of nitrogens with zero attached hydrogens (tertiary/aromatic N) is 2. The zero-order valence-corrected chi connectivity index (χ0v) is 12.6. The van der Waals surface area contributed by atoms with E-state index in [0.717, 1.165) is 5.56 Å². The van der Waals surface area contributed by atoms with Gasteiger partial charge >= 0.3 is 0 Å². The van der Waals surface area contributed by atoms with Gasteiger partial charge in [0.15, 0.2) is 5.82 Å². The number of hydrogen-bond donors (Lipinski definition) is 2. The number of amides is 1. The summed E-state index contributed by atoms with van der Waals surface area (Å²) in [6.07, 6.45) is 0. The van der Waals surface area contributed by atoms with Gasteiger partial charge in [0.2, 0.25) is 0 Å². The van der Waals surface area contributed by atoms with Crippen molar-refractivity contribution in [3.8, 4) is 11.4 Å². The summed E-state index contributed by atoms with van der Waals surface area (Å²) in [7, 11) is 0. The molecule has 2 N–H and O–H groups in total. The highest BCUT2D eigenvalue weighted by Gasteiger charge is 2.11. The lowest BCUT2D eigenvalue weighted by atomic mass is 10.2. The Bertz CT molecular complexity index is 794. The summed E-state index contributed by atoms with van der Waals surface area (Å²) >= 11 is 1.40. The zero-order chi connectivity index (χ0) is 15.5. The van der Waals surface area contributed by atoms with Crippen molar-refractivity contribution < 1.29 is 9.18 Å². The molecule has 22 heavy (non-hydrogen) atoms. The quantitative estimate of drug-likeness (QED) is 0.777. The molecule has 0 radical (unpaired) electrons. The first-order valence-electron chi connectivity index (χ1n) is 6.63. The van der Waals surface area contributed by atoms with E-state index < -0.39 is 0 Å². The van der Waals surface area contributed by atoms with Crippen molar-refractivity contribution in [1.82, 2.24) is 20.5 Å². The molecule has 5 nitrogen and oxygen atoms in total. The number of aromatic nitrogens is 3. The van der Waals surface area contributed by atoms with Crippen LogP contribution in [0.3, 0.4) is 0 Å². The van der Waals surface area contributed by atoms with Gasteiger partial charge in [-0.15, -0.1) is 11.3 Å².